The number of amides is 2. The Morgan fingerprint density at radius 3 is 2.29 bits per heavy atom. The molecule has 0 unspecified atom stereocenters. The third kappa shape index (κ3) is 4.29. The maximum atomic E-state index is 14.5. The number of carbonyl (C=O) groups excluding carboxylic acids is 1. The first-order valence-corrected chi connectivity index (χ1v) is 10.9. The van der Waals surface area contributed by atoms with Gasteiger partial charge in [-0.05, 0) is 48.1 Å². The number of fused-ring (bicyclic) bond motifs is 1. The molecule has 0 atom stereocenters. The number of nitrogens with one attached hydrogen (secondary N) is 2. The summed E-state index contributed by atoms with van der Waals surface area (Å²) >= 11 is 0. The molecule has 0 radical (unpaired) electrons. The fourth-order valence-electron chi connectivity index (χ4n) is 4.08. The average Bonchev–Trinajstić information content (AvgIpc) is 2.77. The van der Waals surface area contributed by atoms with Gasteiger partial charge in [-0.3, -0.25) is 0 Å². The smallest absolute Gasteiger partial charge is 0.361 e. The lowest BCUT2D eigenvalue weighted by molar-refractivity contribution is 0.262. The van der Waals surface area contributed by atoms with Crippen molar-refractivity contribution in [3.63, 3.8) is 0 Å². The van der Waals surface area contributed by atoms with Gasteiger partial charge in [-0.25, -0.2) is 18.4 Å². The molecule has 0 aliphatic rings. The molecule has 1 heterocycles. The van der Waals surface area contributed by atoms with Crippen LogP contribution in [-0.4, -0.2) is 6.03 Å². The molecule has 3 aromatic carbocycles. The van der Waals surface area contributed by atoms with E-state index in [1.54, 1.807) is 31.2 Å². The van der Waals surface area contributed by atoms with Crippen LogP contribution in [-0.2, 0) is 0 Å². The number of hydrogen-bond donors (Lipinski definition) is 2. The lowest BCUT2D eigenvalue weighted by Crippen LogP contribution is -2.25. The van der Waals surface area contributed by atoms with Crippen LogP contribution < -0.4 is 16.3 Å². The maximum absolute atomic E-state index is 14.5. The molecule has 4 rings (SSSR count). The quantitative estimate of drug-likeness (QED) is 0.317. The summed E-state index contributed by atoms with van der Waals surface area (Å²) in [6.45, 7) is 7.69. The monoisotopic (exact) mass is 462 g/mol. The van der Waals surface area contributed by atoms with E-state index in [1.807, 2.05) is 39.0 Å². The largest absolute Gasteiger partial charge is 0.418 e. The van der Waals surface area contributed by atoms with Crippen molar-refractivity contribution in [1.29, 1.82) is 0 Å². The number of anilines is 2. The average molecular weight is 462 g/mol. The Morgan fingerprint density at radius 2 is 1.59 bits per heavy atom. The summed E-state index contributed by atoms with van der Waals surface area (Å²) in [5.41, 5.74) is 2.38. The Hall–Kier alpha value is -4.00. The molecule has 5 nitrogen and oxygen atoms in total. The zero-order valence-electron chi connectivity index (χ0n) is 19.3. The predicted octanol–water partition coefficient (Wildman–Crippen LogP) is 7.12. The Morgan fingerprint density at radius 1 is 0.912 bits per heavy atom. The molecule has 0 fully saturated rings. The van der Waals surface area contributed by atoms with Crippen molar-refractivity contribution < 1.29 is 18.0 Å². The lowest BCUT2D eigenvalue weighted by Gasteiger charge is -2.18. The molecule has 174 valence electrons. The van der Waals surface area contributed by atoms with Crippen molar-refractivity contribution in [2.75, 3.05) is 10.6 Å². The molecule has 2 N–H and O–H groups in total. The molecule has 4 aromatic rings. The minimum absolute atomic E-state index is 0.0421. The van der Waals surface area contributed by atoms with Gasteiger partial charge in [0.1, 0.15) is 11.5 Å². The molecular weight excluding hydrogens is 438 g/mol. The van der Waals surface area contributed by atoms with Crippen LogP contribution in [0, 0.1) is 25.5 Å². The fourth-order valence-corrected chi connectivity index (χ4v) is 4.08. The second-order valence-electron chi connectivity index (χ2n) is 8.49. The predicted molar refractivity (Wildman–Crippen MR) is 130 cm³/mol. The van der Waals surface area contributed by atoms with Crippen LogP contribution >= 0.6 is 0 Å². The highest BCUT2D eigenvalue weighted by Gasteiger charge is 2.23. The SMILES string of the molecule is Cc1ccccc1-c1c(NC(=O)Nc2c(C)cccc2C(C)C)c(=O)oc2c(F)cc(F)cc12. The van der Waals surface area contributed by atoms with E-state index in [1.165, 1.54) is 0 Å². The summed E-state index contributed by atoms with van der Waals surface area (Å²) in [4.78, 5) is 26.0. The van der Waals surface area contributed by atoms with Gasteiger partial charge in [0.2, 0.25) is 0 Å². The molecule has 0 aliphatic carbocycles. The first-order chi connectivity index (χ1) is 16.2. The van der Waals surface area contributed by atoms with Gasteiger partial charge in [-0.2, -0.15) is 0 Å². The Kier molecular flexibility index (Phi) is 6.20. The third-order valence-corrected chi connectivity index (χ3v) is 5.75. The van der Waals surface area contributed by atoms with E-state index in [-0.39, 0.29) is 28.1 Å². The van der Waals surface area contributed by atoms with Crippen LogP contribution in [0.4, 0.5) is 25.0 Å². The molecule has 0 saturated heterocycles. The maximum Gasteiger partial charge on any atom is 0.361 e. The first kappa shape index (κ1) is 23.2. The van der Waals surface area contributed by atoms with Crippen molar-refractivity contribution in [3.8, 4) is 11.1 Å². The van der Waals surface area contributed by atoms with Crippen LogP contribution in [0.3, 0.4) is 0 Å². The molecule has 2 amide bonds. The van der Waals surface area contributed by atoms with E-state index >= 15 is 0 Å². The number of aryl methyl sites for hydroxylation is 2. The van der Waals surface area contributed by atoms with Crippen LogP contribution in [0.5, 0.6) is 0 Å². The normalized spacial score (nSPS) is 11.1. The van der Waals surface area contributed by atoms with Gasteiger partial charge in [-0.15, -0.1) is 0 Å². The lowest BCUT2D eigenvalue weighted by atomic mass is 9.96. The van der Waals surface area contributed by atoms with Crippen molar-refractivity contribution in [3.05, 3.63) is 93.3 Å². The molecule has 0 spiro atoms. The highest BCUT2D eigenvalue weighted by molar-refractivity contribution is 6.08. The van der Waals surface area contributed by atoms with Gasteiger partial charge in [0.25, 0.3) is 0 Å². The van der Waals surface area contributed by atoms with E-state index < -0.39 is 23.3 Å². The second-order valence-corrected chi connectivity index (χ2v) is 8.49. The number of hydrogen-bond acceptors (Lipinski definition) is 3. The summed E-state index contributed by atoms with van der Waals surface area (Å²) in [7, 11) is 0. The van der Waals surface area contributed by atoms with Crippen LogP contribution in [0.25, 0.3) is 22.1 Å². The number of rotatable bonds is 4. The van der Waals surface area contributed by atoms with E-state index in [2.05, 4.69) is 10.6 Å². The van der Waals surface area contributed by atoms with E-state index in [0.29, 0.717) is 17.3 Å². The molecule has 1 aromatic heterocycles. The molecule has 0 bridgehead atoms. The van der Waals surface area contributed by atoms with Crippen molar-refractivity contribution in [1.82, 2.24) is 0 Å². The second kappa shape index (κ2) is 9.09. The molecule has 0 aliphatic heterocycles. The summed E-state index contributed by atoms with van der Waals surface area (Å²) in [5.74, 6) is -1.68. The number of para-hydroxylation sites is 1. The minimum atomic E-state index is -1.00. The van der Waals surface area contributed by atoms with Crippen LogP contribution in [0.2, 0.25) is 0 Å². The van der Waals surface area contributed by atoms with E-state index in [0.717, 1.165) is 22.8 Å². The highest BCUT2D eigenvalue weighted by Crippen LogP contribution is 2.37. The number of carbonyl (C=O) groups is 1. The summed E-state index contributed by atoms with van der Waals surface area (Å²) in [6, 6.07) is 13.8. The van der Waals surface area contributed by atoms with Gasteiger partial charge in [0.15, 0.2) is 11.4 Å². The Labute approximate surface area is 195 Å². The summed E-state index contributed by atoms with van der Waals surface area (Å²) < 4.78 is 33.9. The standard InChI is InChI=1S/C27H24F2N2O3/c1-14(2)18-11-7-9-16(4)23(18)30-27(33)31-24-22(19-10-6-5-8-15(19)3)20-12-17(28)13-21(29)25(20)34-26(24)32/h5-14H,1-4H3,(H2,30,31,33). The first-order valence-electron chi connectivity index (χ1n) is 10.9. The Balaban J connectivity index is 1.88. The summed E-state index contributed by atoms with van der Waals surface area (Å²) in [6.07, 6.45) is 0. The topological polar surface area (TPSA) is 71.3 Å². The third-order valence-electron chi connectivity index (χ3n) is 5.75. The fraction of sp³-hybridized carbons (Fsp3) is 0.185. The van der Waals surface area contributed by atoms with Crippen molar-refractivity contribution in [2.24, 2.45) is 0 Å². The van der Waals surface area contributed by atoms with E-state index in [9.17, 15) is 18.4 Å². The van der Waals surface area contributed by atoms with Crippen molar-refractivity contribution >= 4 is 28.4 Å². The van der Waals surface area contributed by atoms with Crippen molar-refractivity contribution in [2.45, 2.75) is 33.6 Å². The molecule has 34 heavy (non-hydrogen) atoms. The van der Waals surface area contributed by atoms with Gasteiger partial charge >= 0.3 is 11.7 Å². The minimum Gasteiger partial charge on any atom is -0.418 e. The molecular formula is C27H24F2N2O3. The number of halogens is 2. The zero-order valence-corrected chi connectivity index (χ0v) is 19.3. The Bertz CT molecular complexity index is 1480. The van der Waals surface area contributed by atoms with Gasteiger partial charge < -0.3 is 15.1 Å². The van der Waals surface area contributed by atoms with Crippen LogP contribution in [0.1, 0.15) is 36.5 Å². The molecule has 7 heteroatoms. The van der Waals surface area contributed by atoms with Gasteiger partial charge in [0.05, 0.1) is 0 Å². The zero-order chi connectivity index (χ0) is 24.6. The van der Waals surface area contributed by atoms with E-state index in [4.69, 9.17) is 4.42 Å². The molecule has 0 saturated carbocycles. The number of benzene rings is 3. The van der Waals surface area contributed by atoms with Gasteiger partial charge in [0, 0.05) is 22.7 Å². The highest BCUT2D eigenvalue weighted by atomic mass is 19.1. The summed E-state index contributed by atoms with van der Waals surface area (Å²) in [5, 5.41) is 5.44. The number of urea groups is 1. The van der Waals surface area contributed by atoms with Crippen LogP contribution in [0.15, 0.2) is 63.8 Å². The van der Waals surface area contributed by atoms with Gasteiger partial charge in [-0.1, -0.05) is 56.3 Å².